The number of halogens is 3. The van der Waals surface area contributed by atoms with E-state index in [9.17, 15) is 18.0 Å². The van der Waals surface area contributed by atoms with Crippen LogP contribution in [0.25, 0.3) is 5.69 Å². The number of alkyl halides is 3. The summed E-state index contributed by atoms with van der Waals surface area (Å²) in [5.74, 6) is -0.0931. The van der Waals surface area contributed by atoms with Crippen LogP contribution in [-0.4, -0.2) is 21.2 Å². The van der Waals surface area contributed by atoms with Gasteiger partial charge in [0.15, 0.2) is 5.82 Å². The van der Waals surface area contributed by atoms with Crippen LogP contribution in [0.1, 0.15) is 10.4 Å². The molecule has 3 aromatic rings. The van der Waals surface area contributed by atoms with Gasteiger partial charge in [-0.15, -0.1) is 0 Å². The van der Waals surface area contributed by atoms with Gasteiger partial charge in [0.25, 0.3) is 5.91 Å². The number of rotatable bonds is 4. The smallest absolute Gasteiger partial charge is 0.305 e. The number of amides is 1. The lowest BCUT2D eigenvalue weighted by molar-refractivity contribution is -0.0328. The van der Waals surface area contributed by atoms with Gasteiger partial charge in [-0.05, 0) is 48.2 Å². The van der Waals surface area contributed by atoms with Gasteiger partial charge in [-0.3, -0.25) is 4.79 Å². The highest BCUT2D eigenvalue weighted by molar-refractivity contribution is 8.00. The van der Waals surface area contributed by atoms with Gasteiger partial charge in [0, 0.05) is 22.7 Å². The monoisotopic (exact) mass is 363 g/mol. The van der Waals surface area contributed by atoms with Crippen molar-refractivity contribution in [2.24, 2.45) is 0 Å². The van der Waals surface area contributed by atoms with Crippen LogP contribution in [-0.2, 0) is 0 Å². The Bertz CT molecular complexity index is 861. The highest BCUT2D eigenvalue weighted by Crippen LogP contribution is 2.36. The first-order chi connectivity index (χ1) is 11.9. The van der Waals surface area contributed by atoms with E-state index in [2.05, 4.69) is 10.4 Å². The van der Waals surface area contributed by atoms with E-state index in [1.807, 2.05) is 30.3 Å². The Hall–Kier alpha value is -2.74. The number of aromatic nitrogens is 2. The largest absolute Gasteiger partial charge is 0.446 e. The number of benzene rings is 2. The van der Waals surface area contributed by atoms with E-state index in [0.717, 1.165) is 5.69 Å². The molecule has 0 unspecified atom stereocenters. The summed E-state index contributed by atoms with van der Waals surface area (Å²) < 4.78 is 38.5. The molecule has 25 heavy (non-hydrogen) atoms. The van der Waals surface area contributed by atoms with E-state index in [1.54, 1.807) is 16.9 Å². The minimum absolute atomic E-state index is 0.0254. The number of para-hydroxylation sites is 1. The molecule has 1 heterocycles. The SMILES string of the molecule is O=C(Nc1ccn(-c2ccccc2)n1)c1ccc(SC(F)(F)F)cc1. The summed E-state index contributed by atoms with van der Waals surface area (Å²) in [6.07, 6.45) is 1.70. The maximum absolute atomic E-state index is 12.3. The normalized spacial score (nSPS) is 11.3. The number of anilines is 1. The molecule has 0 bridgehead atoms. The minimum Gasteiger partial charge on any atom is -0.305 e. The van der Waals surface area contributed by atoms with E-state index in [-0.39, 0.29) is 22.2 Å². The summed E-state index contributed by atoms with van der Waals surface area (Å²) in [6, 6.07) is 16.2. The lowest BCUT2D eigenvalue weighted by atomic mass is 10.2. The fraction of sp³-hybridized carbons (Fsp3) is 0.0588. The molecule has 0 aliphatic heterocycles. The quantitative estimate of drug-likeness (QED) is 0.681. The Labute approximate surface area is 145 Å². The third-order valence-corrected chi connectivity index (χ3v) is 3.94. The van der Waals surface area contributed by atoms with Gasteiger partial charge in [0.1, 0.15) is 0 Å². The van der Waals surface area contributed by atoms with Crippen molar-refractivity contribution in [1.29, 1.82) is 0 Å². The predicted molar refractivity (Wildman–Crippen MR) is 89.9 cm³/mol. The Kier molecular flexibility index (Phi) is 4.80. The van der Waals surface area contributed by atoms with Crippen molar-refractivity contribution in [3.05, 3.63) is 72.4 Å². The molecule has 0 radical (unpaired) electrons. The first kappa shape index (κ1) is 17.1. The summed E-state index contributed by atoms with van der Waals surface area (Å²) in [6.45, 7) is 0. The van der Waals surface area contributed by atoms with Crippen LogP contribution in [0.15, 0.2) is 71.8 Å². The van der Waals surface area contributed by atoms with Gasteiger partial charge in [0.05, 0.1) is 5.69 Å². The molecular weight excluding hydrogens is 351 g/mol. The highest BCUT2D eigenvalue weighted by atomic mass is 32.2. The van der Waals surface area contributed by atoms with Crippen molar-refractivity contribution in [3.63, 3.8) is 0 Å². The van der Waals surface area contributed by atoms with E-state index in [1.165, 1.54) is 24.3 Å². The second-order valence-electron chi connectivity index (χ2n) is 5.01. The molecule has 0 fully saturated rings. The Morgan fingerprint density at radius 3 is 2.32 bits per heavy atom. The molecule has 128 valence electrons. The number of thioether (sulfide) groups is 1. The number of nitrogens with one attached hydrogen (secondary N) is 1. The number of carbonyl (C=O) groups excluding carboxylic acids is 1. The maximum Gasteiger partial charge on any atom is 0.446 e. The second-order valence-corrected chi connectivity index (χ2v) is 6.15. The topological polar surface area (TPSA) is 46.9 Å². The van der Waals surface area contributed by atoms with Crippen molar-refractivity contribution in [3.8, 4) is 5.69 Å². The summed E-state index contributed by atoms with van der Waals surface area (Å²) in [5.41, 5.74) is -3.26. The Balaban J connectivity index is 1.67. The summed E-state index contributed by atoms with van der Waals surface area (Å²) in [7, 11) is 0. The average molecular weight is 363 g/mol. The van der Waals surface area contributed by atoms with Crippen LogP contribution in [0.4, 0.5) is 19.0 Å². The van der Waals surface area contributed by atoms with E-state index in [0.29, 0.717) is 5.82 Å². The summed E-state index contributed by atoms with van der Waals surface area (Å²) in [5, 5.41) is 6.86. The second kappa shape index (κ2) is 7.02. The zero-order chi connectivity index (χ0) is 17.9. The fourth-order valence-electron chi connectivity index (χ4n) is 2.11. The molecular formula is C17H12F3N3OS. The molecule has 2 aromatic carbocycles. The molecule has 0 atom stereocenters. The van der Waals surface area contributed by atoms with E-state index < -0.39 is 11.4 Å². The first-order valence-corrected chi connectivity index (χ1v) is 8.01. The van der Waals surface area contributed by atoms with Gasteiger partial charge < -0.3 is 5.32 Å². The predicted octanol–water partition coefficient (Wildman–Crippen LogP) is 4.74. The number of hydrogen-bond donors (Lipinski definition) is 1. The van der Waals surface area contributed by atoms with Crippen LogP contribution in [0.3, 0.4) is 0 Å². The van der Waals surface area contributed by atoms with E-state index in [4.69, 9.17) is 0 Å². The summed E-state index contributed by atoms with van der Waals surface area (Å²) in [4.78, 5) is 12.2. The van der Waals surface area contributed by atoms with Crippen LogP contribution in [0, 0.1) is 0 Å². The molecule has 0 saturated carbocycles. The lowest BCUT2D eigenvalue weighted by Crippen LogP contribution is -2.12. The number of nitrogens with zero attached hydrogens (tertiary/aromatic N) is 2. The van der Waals surface area contributed by atoms with Crippen molar-refractivity contribution in [2.75, 3.05) is 5.32 Å². The molecule has 0 aliphatic carbocycles. The third kappa shape index (κ3) is 4.63. The minimum atomic E-state index is -4.35. The Morgan fingerprint density at radius 2 is 1.68 bits per heavy atom. The van der Waals surface area contributed by atoms with Crippen LogP contribution < -0.4 is 5.32 Å². The molecule has 1 aromatic heterocycles. The fourth-order valence-corrected chi connectivity index (χ4v) is 2.65. The molecule has 0 saturated heterocycles. The zero-order valence-electron chi connectivity index (χ0n) is 12.7. The van der Waals surface area contributed by atoms with Crippen LogP contribution in [0.5, 0.6) is 0 Å². The molecule has 8 heteroatoms. The lowest BCUT2D eigenvalue weighted by Gasteiger charge is -2.06. The standard InChI is InChI=1S/C17H12F3N3OS/c18-17(19,20)25-14-8-6-12(7-9-14)16(24)21-15-10-11-23(22-15)13-4-2-1-3-5-13/h1-11H,(H,21,22,24). The maximum atomic E-state index is 12.3. The van der Waals surface area contributed by atoms with Crippen LogP contribution in [0.2, 0.25) is 0 Å². The van der Waals surface area contributed by atoms with Crippen molar-refractivity contribution >= 4 is 23.5 Å². The van der Waals surface area contributed by atoms with Gasteiger partial charge in [-0.25, -0.2) is 4.68 Å². The molecule has 1 N–H and O–H groups in total. The highest BCUT2D eigenvalue weighted by Gasteiger charge is 2.29. The van der Waals surface area contributed by atoms with Gasteiger partial charge in [0.2, 0.25) is 0 Å². The molecule has 3 rings (SSSR count). The van der Waals surface area contributed by atoms with Gasteiger partial charge >= 0.3 is 5.51 Å². The first-order valence-electron chi connectivity index (χ1n) is 7.19. The number of hydrogen-bond acceptors (Lipinski definition) is 3. The van der Waals surface area contributed by atoms with Gasteiger partial charge in [-0.1, -0.05) is 18.2 Å². The number of carbonyl (C=O) groups is 1. The third-order valence-electron chi connectivity index (χ3n) is 3.20. The molecule has 0 aliphatic rings. The molecule has 1 amide bonds. The molecule has 4 nitrogen and oxygen atoms in total. The van der Waals surface area contributed by atoms with Crippen molar-refractivity contribution < 1.29 is 18.0 Å². The van der Waals surface area contributed by atoms with Gasteiger partial charge in [-0.2, -0.15) is 18.3 Å². The van der Waals surface area contributed by atoms with Crippen molar-refractivity contribution in [2.45, 2.75) is 10.4 Å². The van der Waals surface area contributed by atoms with E-state index >= 15 is 0 Å². The average Bonchev–Trinajstić information content (AvgIpc) is 3.03. The van der Waals surface area contributed by atoms with Crippen molar-refractivity contribution in [1.82, 2.24) is 9.78 Å². The molecule has 0 spiro atoms. The van der Waals surface area contributed by atoms with Crippen LogP contribution >= 0.6 is 11.8 Å². The zero-order valence-corrected chi connectivity index (χ0v) is 13.5. The Morgan fingerprint density at radius 1 is 1.00 bits per heavy atom. The summed E-state index contributed by atoms with van der Waals surface area (Å²) >= 11 is -0.221.